The van der Waals surface area contributed by atoms with Gasteiger partial charge < -0.3 is 31.7 Å². The lowest BCUT2D eigenvalue weighted by molar-refractivity contribution is -0.149. The largest absolute Gasteiger partial charge is 0.489 e. The smallest absolute Gasteiger partial charge is 0.456 e. The zero-order valence-corrected chi connectivity index (χ0v) is 55.7. The van der Waals surface area contributed by atoms with Crippen LogP contribution in [0.25, 0.3) is 0 Å². The van der Waals surface area contributed by atoms with E-state index in [1.807, 2.05) is 26.0 Å². The van der Waals surface area contributed by atoms with Crippen molar-refractivity contribution in [1.29, 1.82) is 0 Å². The van der Waals surface area contributed by atoms with Crippen LogP contribution < -0.4 is 0 Å². The van der Waals surface area contributed by atoms with E-state index in [-0.39, 0.29) is 46.0 Å². The van der Waals surface area contributed by atoms with Crippen molar-refractivity contribution in [2.45, 2.75) is 273 Å². The summed E-state index contributed by atoms with van der Waals surface area (Å²) < 4.78 is 49.8. The SMILES string of the molecule is CC[C@@H](/C=C(\C)[C@H](C/C=C/C=C(\CO[Si](C)(C)C(C)(C)C)C(=O)O[C@@H](C/C=C(\C)B1OC(C)(C)C(C)(C)O1)[C@@H](C)O[Si](C)(C)C(C)(C)C)O[Si](C)(C)C(C)(C)C)[C@@H](O[Si](CC)(CC)CC)/C(C)=C/I. The third-order valence-corrected chi connectivity index (χ3v) is 36.0. The Labute approximate surface area is 444 Å². The van der Waals surface area contributed by atoms with E-state index in [9.17, 15) is 4.79 Å². The Balaban J connectivity index is 3.90. The van der Waals surface area contributed by atoms with E-state index in [0.717, 1.165) is 30.0 Å². The number of carbonyl (C=O) groups is 1. The van der Waals surface area contributed by atoms with E-state index in [4.69, 9.17) is 31.7 Å². The van der Waals surface area contributed by atoms with Crippen LogP contribution in [-0.2, 0) is 36.5 Å². The van der Waals surface area contributed by atoms with E-state index < -0.39 is 63.7 Å². The number of ether oxygens (including phenoxy) is 1. The molecule has 0 radical (unpaired) electrons. The molecule has 0 spiro atoms. The molecule has 0 unspecified atom stereocenters. The lowest BCUT2D eigenvalue weighted by atomic mass is 9.78. The Morgan fingerprint density at radius 3 is 1.62 bits per heavy atom. The lowest BCUT2D eigenvalue weighted by Gasteiger charge is -2.40. The van der Waals surface area contributed by atoms with Crippen LogP contribution in [0, 0.1) is 5.92 Å². The van der Waals surface area contributed by atoms with Crippen molar-refractivity contribution in [3.8, 4) is 0 Å². The van der Waals surface area contributed by atoms with Crippen molar-refractivity contribution in [1.82, 2.24) is 0 Å². The summed E-state index contributed by atoms with van der Waals surface area (Å²) in [6, 6.07) is 3.33. The topological polar surface area (TPSA) is 81.7 Å². The van der Waals surface area contributed by atoms with Crippen molar-refractivity contribution in [3.63, 3.8) is 0 Å². The molecular formula is C55H106BIO8Si4. The van der Waals surface area contributed by atoms with Gasteiger partial charge in [0.15, 0.2) is 33.3 Å². The number of hydrogen-bond donors (Lipinski definition) is 0. The summed E-state index contributed by atoms with van der Waals surface area (Å²) in [4.78, 5) is 14.7. The van der Waals surface area contributed by atoms with E-state index in [0.29, 0.717) is 18.4 Å². The van der Waals surface area contributed by atoms with Gasteiger partial charge in [-0.15, -0.1) is 0 Å². The second kappa shape index (κ2) is 26.4. The molecule has 0 aromatic carbocycles. The van der Waals surface area contributed by atoms with Crippen molar-refractivity contribution in [3.05, 3.63) is 56.7 Å². The highest BCUT2D eigenvalue weighted by Crippen LogP contribution is 2.42. The van der Waals surface area contributed by atoms with Gasteiger partial charge in [0.1, 0.15) is 6.10 Å². The summed E-state index contributed by atoms with van der Waals surface area (Å²) in [5.41, 5.74) is 2.99. The van der Waals surface area contributed by atoms with Crippen molar-refractivity contribution in [2.24, 2.45) is 5.92 Å². The molecule has 0 aromatic rings. The molecule has 1 aliphatic rings. The molecule has 5 atom stereocenters. The van der Waals surface area contributed by atoms with Crippen molar-refractivity contribution in [2.75, 3.05) is 6.61 Å². The van der Waals surface area contributed by atoms with Gasteiger partial charge in [0.2, 0.25) is 0 Å². The van der Waals surface area contributed by atoms with Crippen LogP contribution in [0.3, 0.4) is 0 Å². The molecule has 8 nitrogen and oxygen atoms in total. The predicted molar refractivity (Wildman–Crippen MR) is 317 cm³/mol. The minimum Gasteiger partial charge on any atom is -0.456 e. The third kappa shape index (κ3) is 19.0. The molecule has 1 saturated heterocycles. The molecular weight excluding hydrogens is 1040 g/mol. The number of allylic oxidation sites excluding steroid dienone is 3. The molecule has 0 aliphatic carbocycles. The first-order valence-corrected chi connectivity index (χ1v) is 38.9. The Morgan fingerprint density at radius 1 is 0.710 bits per heavy atom. The first-order chi connectivity index (χ1) is 31.1. The fraction of sp³-hybridized carbons (Fsp3) is 0.800. The van der Waals surface area contributed by atoms with Crippen LogP contribution in [0.5, 0.6) is 0 Å². The molecule has 1 rings (SSSR count). The van der Waals surface area contributed by atoms with Gasteiger partial charge in [-0.25, -0.2) is 4.79 Å². The highest BCUT2D eigenvalue weighted by molar-refractivity contribution is 14.1. The second-order valence-electron chi connectivity index (χ2n) is 25.7. The summed E-state index contributed by atoms with van der Waals surface area (Å²) in [6.45, 7) is 59.9. The first-order valence-electron chi connectivity index (χ1n) is 26.4. The number of carbonyl (C=O) groups excluding carboxylic acids is 1. The molecule has 0 N–H and O–H groups in total. The predicted octanol–water partition coefficient (Wildman–Crippen LogP) is 17.3. The molecule has 69 heavy (non-hydrogen) atoms. The number of esters is 1. The van der Waals surface area contributed by atoms with E-state index >= 15 is 0 Å². The first kappa shape index (κ1) is 66.6. The summed E-state index contributed by atoms with van der Waals surface area (Å²) in [7, 11) is -9.07. The van der Waals surface area contributed by atoms with E-state index in [2.05, 4.69) is 216 Å². The molecule has 1 aliphatic heterocycles. The number of halogens is 1. The van der Waals surface area contributed by atoms with Gasteiger partial charge >= 0.3 is 13.1 Å². The van der Waals surface area contributed by atoms with Gasteiger partial charge in [0, 0.05) is 12.3 Å². The molecule has 400 valence electrons. The van der Waals surface area contributed by atoms with Crippen LogP contribution in [0.4, 0.5) is 0 Å². The monoisotopic (exact) mass is 1140 g/mol. The van der Waals surface area contributed by atoms with Gasteiger partial charge in [-0.3, -0.25) is 0 Å². The van der Waals surface area contributed by atoms with E-state index in [1.165, 1.54) is 11.1 Å². The van der Waals surface area contributed by atoms with Crippen molar-refractivity contribution < 1.29 is 36.5 Å². The van der Waals surface area contributed by atoms with Crippen LogP contribution in [0.15, 0.2) is 56.7 Å². The van der Waals surface area contributed by atoms with Crippen LogP contribution in [-0.4, -0.2) is 88.6 Å². The standard InChI is InChI=1S/C55H106BIO8Si4/c1-28-45(49(42(6)39-57)63-69(29-2,30-3)31-4)38-41(5)47(62-68(26,27)53(15,16)17)35-33-32-34-46(40-59-66(22,23)51(9,10)11)50(58)60-48(44(8)61-67(24,25)52(12,13)14)37-36-43(7)56-64-54(18,19)55(20,21)65-56/h32-34,36,38-39,44-45,47-49H,28-31,35,37,40H2,1-27H3/b33-32+,41-38+,42-39+,43-36+,46-34+/t44-,45+,47+,48+,49+/m1/s1. The van der Waals surface area contributed by atoms with Crippen LogP contribution >= 0.6 is 22.6 Å². The Hall–Kier alpha value is -0.408. The highest BCUT2D eigenvalue weighted by atomic mass is 127. The van der Waals surface area contributed by atoms with Gasteiger partial charge in [-0.2, -0.15) is 0 Å². The normalized spacial score (nSPS) is 19.8. The fourth-order valence-corrected chi connectivity index (χ4v) is 14.3. The Bertz CT molecular complexity index is 1770. The molecule has 1 heterocycles. The molecule has 0 saturated carbocycles. The summed E-state index contributed by atoms with van der Waals surface area (Å²) in [6.07, 6.45) is 11.6. The van der Waals surface area contributed by atoms with E-state index in [1.54, 1.807) is 0 Å². The van der Waals surface area contributed by atoms with Gasteiger partial charge in [-0.05, 0) is 168 Å². The maximum atomic E-state index is 14.7. The molecule has 0 aromatic heterocycles. The quantitative estimate of drug-likeness (QED) is 0.0212. The maximum absolute atomic E-state index is 14.7. The lowest BCUT2D eigenvalue weighted by Crippen LogP contribution is -2.47. The number of hydrogen-bond acceptors (Lipinski definition) is 8. The minimum atomic E-state index is -2.25. The molecule has 0 amide bonds. The molecule has 14 heteroatoms. The Kier molecular flexibility index (Phi) is 25.5. The van der Waals surface area contributed by atoms with Crippen LogP contribution in [0.1, 0.15) is 165 Å². The summed E-state index contributed by atoms with van der Waals surface area (Å²) >= 11 is 2.38. The van der Waals surface area contributed by atoms with Gasteiger partial charge in [0.25, 0.3) is 0 Å². The maximum Gasteiger partial charge on any atom is 0.489 e. The highest BCUT2D eigenvalue weighted by Gasteiger charge is 2.52. The summed E-state index contributed by atoms with van der Waals surface area (Å²) in [5, 5.41) is -0.0433. The average molecular weight is 1150 g/mol. The second-order valence-corrected chi connectivity index (χ2v) is 45.4. The number of rotatable bonds is 26. The van der Waals surface area contributed by atoms with Gasteiger partial charge in [0.05, 0.1) is 41.7 Å². The van der Waals surface area contributed by atoms with Crippen molar-refractivity contribution >= 4 is 68.9 Å². The fourth-order valence-electron chi connectivity index (χ4n) is 7.30. The third-order valence-electron chi connectivity index (χ3n) is 16.8. The molecule has 0 bridgehead atoms. The zero-order valence-electron chi connectivity index (χ0n) is 49.5. The Morgan fingerprint density at radius 2 is 1.19 bits per heavy atom. The minimum absolute atomic E-state index is 0.0248. The van der Waals surface area contributed by atoms with Gasteiger partial charge in [-0.1, -0.05) is 137 Å². The molecule has 1 fully saturated rings. The van der Waals surface area contributed by atoms with Crippen LogP contribution in [0.2, 0.25) is 72.5 Å². The zero-order chi connectivity index (χ0) is 54.0. The summed E-state index contributed by atoms with van der Waals surface area (Å²) in [5.74, 6) is -0.190. The average Bonchev–Trinajstić information content (AvgIpc) is 3.44.